The average molecular weight is 434 g/mol. The van der Waals surface area contributed by atoms with Crippen LogP contribution in [0.1, 0.15) is 40.6 Å². The number of halogens is 1. The largest absolute Gasteiger partial charge is 0.383 e. The predicted octanol–water partition coefficient (Wildman–Crippen LogP) is 5.14. The molecule has 3 heterocycles. The van der Waals surface area contributed by atoms with Gasteiger partial charge in [0.25, 0.3) is 0 Å². The lowest BCUT2D eigenvalue weighted by atomic mass is 10.0. The number of anilines is 1. The van der Waals surface area contributed by atoms with Crippen molar-refractivity contribution >= 4 is 56.5 Å². The Balaban J connectivity index is 1.53. The van der Waals surface area contributed by atoms with Crippen molar-refractivity contribution in [2.75, 3.05) is 11.5 Å². The second kappa shape index (κ2) is 8.37. The average Bonchev–Trinajstić information content (AvgIpc) is 3.05. The monoisotopic (exact) mass is 433 g/mol. The fourth-order valence-electron chi connectivity index (χ4n) is 3.35. The molecule has 1 atom stereocenters. The molecule has 28 heavy (non-hydrogen) atoms. The van der Waals surface area contributed by atoms with E-state index in [4.69, 9.17) is 22.1 Å². The number of aromatic nitrogens is 2. The van der Waals surface area contributed by atoms with Gasteiger partial charge in [0, 0.05) is 21.9 Å². The summed E-state index contributed by atoms with van der Waals surface area (Å²) < 4.78 is 5.94. The van der Waals surface area contributed by atoms with E-state index in [0.29, 0.717) is 28.2 Å². The summed E-state index contributed by atoms with van der Waals surface area (Å²) in [4.78, 5) is 23.5. The Morgan fingerprint density at radius 3 is 2.89 bits per heavy atom. The van der Waals surface area contributed by atoms with E-state index in [-0.39, 0.29) is 17.6 Å². The van der Waals surface area contributed by atoms with Gasteiger partial charge in [-0.1, -0.05) is 36.7 Å². The molecule has 2 N–H and O–H groups in total. The Kier molecular flexibility index (Phi) is 5.87. The summed E-state index contributed by atoms with van der Waals surface area (Å²) in [6.45, 7) is 2.77. The van der Waals surface area contributed by atoms with Crippen molar-refractivity contribution in [1.29, 1.82) is 0 Å². The molecule has 1 unspecified atom stereocenters. The maximum Gasteiger partial charge on any atom is 0.191 e. The van der Waals surface area contributed by atoms with Crippen molar-refractivity contribution < 1.29 is 9.53 Å². The molecule has 0 bridgehead atoms. The summed E-state index contributed by atoms with van der Waals surface area (Å²) in [5.74, 6) is 0.741. The first-order valence-electron chi connectivity index (χ1n) is 9.16. The summed E-state index contributed by atoms with van der Waals surface area (Å²) in [6.07, 6.45) is 3.23. The highest BCUT2D eigenvalue weighted by Gasteiger charge is 2.25. The molecule has 3 aromatic rings. The van der Waals surface area contributed by atoms with E-state index in [1.807, 2.05) is 0 Å². The van der Waals surface area contributed by atoms with Crippen LogP contribution < -0.4 is 5.73 Å². The minimum atomic E-state index is 0.00483. The van der Waals surface area contributed by atoms with Crippen molar-refractivity contribution in [2.24, 2.45) is 0 Å². The molecule has 0 saturated carbocycles. The topological polar surface area (TPSA) is 78.1 Å². The second-order valence-corrected chi connectivity index (χ2v) is 9.18. The third-order valence-electron chi connectivity index (χ3n) is 4.73. The number of benzene rings is 1. The fourth-order valence-corrected chi connectivity index (χ4v) is 5.41. The maximum atomic E-state index is 12.4. The molecule has 1 aromatic carbocycles. The Morgan fingerprint density at radius 2 is 2.14 bits per heavy atom. The van der Waals surface area contributed by atoms with Gasteiger partial charge in [0.15, 0.2) is 10.9 Å². The molecule has 1 aliphatic rings. The molecule has 1 aliphatic heterocycles. The Morgan fingerprint density at radius 1 is 1.36 bits per heavy atom. The highest BCUT2D eigenvalue weighted by atomic mass is 35.5. The van der Waals surface area contributed by atoms with Gasteiger partial charge in [-0.15, -0.1) is 11.3 Å². The Labute approximate surface area is 176 Å². The molecular weight excluding hydrogens is 414 g/mol. The van der Waals surface area contributed by atoms with Crippen molar-refractivity contribution in [1.82, 2.24) is 9.97 Å². The van der Waals surface area contributed by atoms with E-state index in [9.17, 15) is 4.79 Å². The van der Waals surface area contributed by atoms with E-state index < -0.39 is 0 Å². The number of carbonyl (C=O) groups is 1. The molecule has 0 aliphatic carbocycles. The zero-order chi connectivity index (χ0) is 19.7. The molecule has 4 rings (SSSR count). The maximum absolute atomic E-state index is 12.4. The highest BCUT2D eigenvalue weighted by molar-refractivity contribution is 7.99. The summed E-state index contributed by atoms with van der Waals surface area (Å²) in [7, 11) is 0. The van der Waals surface area contributed by atoms with Gasteiger partial charge in [-0.05, 0) is 36.2 Å². The van der Waals surface area contributed by atoms with Gasteiger partial charge in [0.2, 0.25) is 0 Å². The number of thiophene rings is 1. The number of fused-ring (bicyclic) bond motifs is 3. The van der Waals surface area contributed by atoms with E-state index >= 15 is 0 Å². The number of rotatable bonds is 6. The van der Waals surface area contributed by atoms with E-state index in [1.54, 1.807) is 35.6 Å². The van der Waals surface area contributed by atoms with Gasteiger partial charge >= 0.3 is 0 Å². The van der Waals surface area contributed by atoms with Crippen LogP contribution in [0, 0.1) is 0 Å². The first-order chi connectivity index (χ1) is 13.5. The molecule has 0 amide bonds. The number of thioether (sulfide) groups is 1. The molecule has 8 heteroatoms. The molecule has 5 nitrogen and oxygen atoms in total. The lowest BCUT2D eigenvalue weighted by Crippen LogP contribution is -2.21. The van der Waals surface area contributed by atoms with Crippen molar-refractivity contribution in [3.63, 3.8) is 0 Å². The minimum Gasteiger partial charge on any atom is -0.383 e. The van der Waals surface area contributed by atoms with Crippen LogP contribution in [0.2, 0.25) is 5.02 Å². The van der Waals surface area contributed by atoms with Crippen LogP contribution in [0.25, 0.3) is 10.2 Å². The second-order valence-electron chi connectivity index (χ2n) is 6.72. The summed E-state index contributed by atoms with van der Waals surface area (Å²) >= 11 is 8.79. The number of Topliss-reactive ketones (excluding diaryl/α,β-unsaturated/α-hetero) is 1. The van der Waals surface area contributed by atoms with E-state index in [0.717, 1.165) is 29.5 Å². The van der Waals surface area contributed by atoms with Crippen molar-refractivity contribution in [3.05, 3.63) is 45.3 Å². The Hall–Kier alpha value is -1.67. The van der Waals surface area contributed by atoms with E-state index in [1.165, 1.54) is 22.2 Å². The lowest BCUT2D eigenvalue weighted by molar-refractivity contribution is 0.0254. The van der Waals surface area contributed by atoms with Crippen molar-refractivity contribution in [2.45, 2.75) is 44.1 Å². The highest BCUT2D eigenvalue weighted by Crippen LogP contribution is 2.39. The van der Waals surface area contributed by atoms with Crippen LogP contribution >= 0.6 is 34.7 Å². The number of hydrogen-bond acceptors (Lipinski definition) is 7. The quantitative estimate of drug-likeness (QED) is 0.329. The molecule has 0 saturated heterocycles. The number of ether oxygens (including phenoxy) is 1. The summed E-state index contributed by atoms with van der Waals surface area (Å²) in [5, 5.41) is 2.09. The predicted molar refractivity (Wildman–Crippen MR) is 116 cm³/mol. The van der Waals surface area contributed by atoms with Gasteiger partial charge in [0.05, 0.1) is 23.8 Å². The summed E-state index contributed by atoms with van der Waals surface area (Å²) in [5.41, 5.74) is 8.14. The molecule has 0 radical (unpaired) electrons. The molecular formula is C20H20ClN3O2S2. The Bertz CT molecular complexity index is 1020. The third-order valence-corrected chi connectivity index (χ3v) is 6.93. The molecule has 0 spiro atoms. The van der Waals surface area contributed by atoms with Crippen molar-refractivity contribution in [3.8, 4) is 0 Å². The first kappa shape index (κ1) is 19.6. The third kappa shape index (κ3) is 4.03. The minimum absolute atomic E-state index is 0.00483. The van der Waals surface area contributed by atoms with E-state index in [2.05, 4.69) is 16.9 Å². The number of nitrogen functional groups attached to an aromatic ring is 1. The number of ketones is 1. The first-order valence-corrected chi connectivity index (χ1v) is 11.3. The SMILES string of the molecule is CCCC1Cc2c(sc3nc(SCC(=O)c4ccc(Cl)cc4)nc(N)c23)CO1. The number of nitrogens with two attached hydrogens (primary N) is 1. The van der Waals surface area contributed by atoms with Crippen LogP contribution in [0.15, 0.2) is 29.4 Å². The van der Waals surface area contributed by atoms with Crippen LogP contribution in [-0.2, 0) is 17.8 Å². The smallest absolute Gasteiger partial charge is 0.191 e. The number of carbonyl (C=O) groups excluding carboxylic acids is 1. The number of nitrogens with zero attached hydrogens (tertiary/aromatic N) is 2. The molecule has 0 fully saturated rings. The van der Waals surface area contributed by atoms with Gasteiger partial charge in [-0.2, -0.15) is 0 Å². The van der Waals surface area contributed by atoms with Gasteiger partial charge < -0.3 is 10.5 Å². The zero-order valence-corrected chi connectivity index (χ0v) is 17.8. The zero-order valence-electron chi connectivity index (χ0n) is 15.4. The van der Waals surface area contributed by atoms with Crippen LogP contribution in [-0.4, -0.2) is 27.6 Å². The summed E-state index contributed by atoms with van der Waals surface area (Å²) in [6, 6.07) is 6.88. The fraction of sp³-hybridized carbons (Fsp3) is 0.350. The van der Waals surface area contributed by atoms with Gasteiger partial charge in [-0.3, -0.25) is 4.79 Å². The normalized spacial score (nSPS) is 16.3. The van der Waals surface area contributed by atoms with Gasteiger partial charge in [0.1, 0.15) is 10.6 Å². The van der Waals surface area contributed by atoms with Gasteiger partial charge in [-0.25, -0.2) is 9.97 Å². The van der Waals surface area contributed by atoms with Crippen LogP contribution in [0.5, 0.6) is 0 Å². The standard InChI is InChI=1S/C20H20ClN3O2S2/c1-2-3-13-8-14-16(9-26-13)28-19-17(14)18(22)23-20(24-19)27-10-15(25)11-4-6-12(21)7-5-11/h4-7,13H,2-3,8-10H2,1H3,(H2,22,23,24). The molecule has 146 valence electrons. The van der Waals surface area contributed by atoms with Crippen LogP contribution in [0.3, 0.4) is 0 Å². The van der Waals surface area contributed by atoms with Crippen LogP contribution in [0.4, 0.5) is 5.82 Å². The molecule has 2 aromatic heterocycles. The number of hydrogen-bond donors (Lipinski definition) is 1. The lowest BCUT2D eigenvalue weighted by Gasteiger charge is -2.22.